The van der Waals surface area contributed by atoms with Gasteiger partial charge < -0.3 is 14.0 Å². The van der Waals surface area contributed by atoms with E-state index < -0.39 is 28.9 Å². The molecule has 0 amide bonds. The lowest BCUT2D eigenvalue weighted by atomic mass is 10.0. The van der Waals surface area contributed by atoms with Crippen molar-refractivity contribution in [2.24, 2.45) is 5.92 Å². The SMILES string of the molecule is CC(C)C(C(=O)OC(C)(C)C)N(c1ccc(-c2ccc(COc3cc4ccccc4cn3)cc2)cc1)S(=O)[O-]. The van der Waals surface area contributed by atoms with E-state index in [-0.39, 0.29) is 5.92 Å². The Bertz CT molecular complexity index is 1450. The van der Waals surface area contributed by atoms with Crippen LogP contribution in [0.3, 0.4) is 0 Å². The molecular weight excluding hydrogens is 512 g/mol. The highest BCUT2D eigenvalue weighted by Crippen LogP contribution is 2.29. The van der Waals surface area contributed by atoms with Crippen LogP contribution in [0.15, 0.2) is 85.1 Å². The van der Waals surface area contributed by atoms with E-state index >= 15 is 0 Å². The van der Waals surface area contributed by atoms with Gasteiger partial charge in [-0.1, -0.05) is 74.5 Å². The summed E-state index contributed by atoms with van der Waals surface area (Å²) in [6, 6.07) is 24.0. The van der Waals surface area contributed by atoms with Crippen molar-refractivity contribution in [2.75, 3.05) is 4.31 Å². The number of rotatable bonds is 9. The number of carbonyl (C=O) groups excluding carboxylic acids is 1. The maximum Gasteiger partial charge on any atom is 0.330 e. The van der Waals surface area contributed by atoms with E-state index in [1.165, 1.54) is 0 Å². The zero-order chi connectivity index (χ0) is 28.2. The predicted molar refractivity (Wildman–Crippen MR) is 154 cm³/mol. The van der Waals surface area contributed by atoms with E-state index in [2.05, 4.69) is 4.98 Å². The normalized spacial score (nSPS) is 13.2. The Kier molecular flexibility index (Phi) is 8.67. The topological polar surface area (TPSA) is 91.8 Å². The number of pyridine rings is 1. The minimum atomic E-state index is -2.67. The van der Waals surface area contributed by atoms with Crippen molar-refractivity contribution in [2.45, 2.75) is 52.9 Å². The van der Waals surface area contributed by atoms with Gasteiger partial charge in [0.25, 0.3) is 0 Å². The number of anilines is 1. The molecule has 4 rings (SSSR count). The summed E-state index contributed by atoms with van der Waals surface area (Å²) in [4.78, 5) is 17.3. The van der Waals surface area contributed by atoms with Gasteiger partial charge in [-0.2, -0.15) is 0 Å². The van der Waals surface area contributed by atoms with Crippen molar-refractivity contribution in [3.8, 4) is 17.0 Å². The Morgan fingerprint density at radius 3 is 2.10 bits per heavy atom. The molecule has 7 nitrogen and oxygen atoms in total. The van der Waals surface area contributed by atoms with E-state index in [1.807, 2.05) is 66.7 Å². The van der Waals surface area contributed by atoms with E-state index in [9.17, 15) is 13.6 Å². The molecule has 0 aliphatic rings. The number of aromatic nitrogens is 1. The number of carbonyl (C=O) groups is 1. The summed E-state index contributed by atoms with van der Waals surface area (Å²) in [6.45, 7) is 9.25. The molecule has 2 unspecified atom stereocenters. The van der Waals surface area contributed by atoms with Gasteiger partial charge in [0, 0.05) is 34.6 Å². The molecule has 1 heterocycles. The van der Waals surface area contributed by atoms with Gasteiger partial charge in [-0.25, -0.2) is 9.78 Å². The lowest BCUT2D eigenvalue weighted by molar-refractivity contribution is -0.157. The molecule has 1 aromatic heterocycles. The van der Waals surface area contributed by atoms with Crippen LogP contribution in [0.25, 0.3) is 21.9 Å². The van der Waals surface area contributed by atoms with Crippen molar-refractivity contribution in [1.82, 2.24) is 4.98 Å². The highest BCUT2D eigenvalue weighted by molar-refractivity contribution is 7.80. The molecule has 0 radical (unpaired) electrons. The van der Waals surface area contributed by atoms with Gasteiger partial charge in [0.05, 0.1) is 0 Å². The first-order chi connectivity index (χ1) is 18.5. The minimum absolute atomic E-state index is 0.294. The van der Waals surface area contributed by atoms with Crippen LogP contribution in [0, 0.1) is 5.92 Å². The quantitative estimate of drug-likeness (QED) is 0.177. The Balaban J connectivity index is 1.46. The van der Waals surface area contributed by atoms with Gasteiger partial charge in [0.1, 0.15) is 18.2 Å². The lowest BCUT2D eigenvalue weighted by Crippen LogP contribution is -2.48. The molecule has 0 aliphatic heterocycles. The van der Waals surface area contributed by atoms with E-state index in [1.54, 1.807) is 52.9 Å². The van der Waals surface area contributed by atoms with Crippen LogP contribution in [0.1, 0.15) is 40.2 Å². The van der Waals surface area contributed by atoms with Gasteiger partial charge in [-0.3, -0.25) is 8.51 Å². The smallest absolute Gasteiger partial charge is 0.330 e. The monoisotopic (exact) mass is 545 g/mol. The van der Waals surface area contributed by atoms with Gasteiger partial charge in [-0.15, -0.1) is 0 Å². The largest absolute Gasteiger partial charge is 0.755 e. The number of esters is 1. The van der Waals surface area contributed by atoms with Crippen LogP contribution in [0.5, 0.6) is 5.88 Å². The van der Waals surface area contributed by atoms with Crippen molar-refractivity contribution < 1.29 is 23.0 Å². The van der Waals surface area contributed by atoms with E-state index in [0.29, 0.717) is 18.2 Å². The van der Waals surface area contributed by atoms with Crippen molar-refractivity contribution in [1.29, 1.82) is 0 Å². The van der Waals surface area contributed by atoms with Crippen molar-refractivity contribution >= 4 is 33.7 Å². The first kappa shape index (κ1) is 28.3. The standard InChI is InChI=1S/C31H34N2O5S/c1-21(2)29(30(34)38-31(3,4)5)33(39(35)36)27-16-14-24(15-17-27)23-12-10-22(11-13-23)20-37-28-18-25-8-6-7-9-26(25)19-32-28/h6-19,21,29H,20H2,1-5H3,(H,35,36)/p-1. The minimum Gasteiger partial charge on any atom is -0.755 e. The average molecular weight is 546 g/mol. The predicted octanol–water partition coefficient (Wildman–Crippen LogP) is 6.45. The van der Waals surface area contributed by atoms with Crippen LogP contribution in [-0.4, -0.2) is 31.4 Å². The third-order valence-electron chi connectivity index (χ3n) is 6.09. The molecule has 0 saturated heterocycles. The highest BCUT2D eigenvalue weighted by Gasteiger charge is 2.34. The molecule has 204 valence electrons. The van der Waals surface area contributed by atoms with E-state index in [0.717, 1.165) is 31.8 Å². The average Bonchev–Trinajstić information content (AvgIpc) is 2.89. The third kappa shape index (κ3) is 7.22. The first-order valence-electron chi connectivity index (χ1n) is 12.8. The molecule has 0 saturated carbocycles. The third-order valence-corrected chi connectivity index (χ3v) is 6.85. The fourth-order valence-corrected chi connectivity index (χ4v) is 5.04. The van der Waals surface area contributed by atoms with Crippen LogP contribution in [-0.2, 0) is 27.4 Å². The molecule has 4 aromatic rings. The molecule has 2 atom stereocenters. The Hall–Kier alpha value is -3.75. The second-order valence-electron chi connectivity index (χ2n) is 10.7. The number of hydrogen-bond acceptors (Lipinski definition) is 6. The van der Waals surface area contributed by atoms with Crippen LogP contribution in [0.4, 0.5) is 5.69 Å². The first-order valence-corrected chi connectivity index (χ1v) is 13.8. The molecule has 0 fully saturated rings. The summed E-state index contributed by atoms with van der Waals surface area (Å²) in [5.74, 6) is -0.306. The maximum absolute atomic E-state index is 12.9. The second kappa shape index (κ2) is 12.0. The van der Waals surface area contributed by atoms with Gasteiger partial charge in [0.2, 0.25) is 5.88 Å². The van der Waals surface area contributed by atoms with Crippen molar-refractivity contribution in [3.63, 3.8) is 0 Å². The molecule has 3 aromatic carbocycles. The maximum atomic E-state index is 12.9. The molecule has 0 aliphatic carbocycles. The Labute approximate surface area is 232 Å². The number of ether oxygens (including phenoxy) is 2. The molecule has 0 spiro atoms. The summed E-state index contributed by atoms with van der Waals surface area (Å²) in [5.41, 5.74) is 2.54. The Morgan fingerprint density at radius 2 is 1.54 bits per heavy atom. The second-order valence-corrected chi connectivity index (χ2v) is 11.5. The van der Waals surface area contributed by atoms with Crippen LogP contribution >= 0.6 is 0 Å². The zero-order valence-electron chi connectivity index (χ0n) is 22.8. The van der Waals surface area contributed by atoms with E-state index in [4.69, 9.17) is 9.47 Å². The zero-order valence-corrected chi connectivity index (χ0v) is 23.6. The molecule has 8 heteroatoms. The van der Waals surface area contributed by atoms with Gasteiger partial charge in [-0.05, 0) is 60.9 Å². The summed E-state index contributed by atoms with van der Waals surface area (Å²) < 4.78 is 37.0. The summed E-state index contributed by atoms with van der Waals surface area (Å²) in [7, 11) is 0. The van der Waals surface area contributed by atoms with Crippen molar-refractivity contribution in [3.05, 3.63) is 90.6 Å². The molecule has 39 heavy (non-hydrogen) atoms. The number of nitrogens with zero attached hydrogens (tertiary/aromatic N) is 2. The highest BCUT2D eigenvalue weighted by atomic mass is 32.2. The van der Waals surface area contributed by atoms with Crippen LogP contribution in [0.2, 0.25) is 0 Å². The molecule has 0 bridgehead atoms. The Morgan fingerprint density at radius 1 is 0.949 bits per heavy atom. The lowest BCUT2D eigenvalue weighted by Gasteiger charge is -2.36. The summed E-state index contributed by atoms with van der Waals surface area (Å²) in [6.07, 6.45) is 1.80. The fourth-order valence-electron chi connectivity index (χ4n) is 4.23. The number of fused-ring (bicyclic) bond motifs is 1. The summed E-state index contributed by atoms with van der Waals surface area (Å²) in [5, 5.41) is 2.14. The molecule has 0 N–H and O–H groups in total. The number of hydrogen-bond donors (Lipinski definition) is 0. The van der Waals surface area contributed by atoms with Gasteiger partial charge in [0.15, 0.2) is 0 Å². The summed E-state index contributed by atoms with van der Waals surface area (Å²) >= 11 is -2.67. The van der Waals surface area contributed by atoms with Crippen LogP contribution < -0.4 is 9.04 Å². The molecular formula is C31H33N2O5S-. The number of benzene rings is 3. The fraction of sp³-hybridized carbons (Fsp3) is 0.290. The van der Waals surface area contributed by atoms with Gasteiger partial charge >= 0.3 is 5.97 Å².